The van der Waals surface area contributed by atoms with Gasteiger partial charge in [-0.1, -0.05) is 39.0 Å². The predicted molar refractivity (Wildman–Crippen MR) is 62.0 cm³/mol. The SMILES string of the molecule is CC(C)(C)C[C@H](O)COc1ccccc1. The Hall–Kier alpha value is -1.02. The molecule has 0 aliphatic rings. The molecular weight excluding hydrogens is 188 g/mol. The number of para-hydroxylation sites is 1. The van der Waals surface area contributed by atoms with Gasteiger partial charge < -0.3 is 9.84 Å². The topological polar surface area (TPSA) is 29.5 Å². The number of benzene rings is 1. The highest BCUT2D eigenvalue weighted by atomic mass is 16.5. The molecule has 1 aromatic carbocycles. The van der Waals surface area contributed by atoms with Crippen LogP contribution in [0, 0.1) is 5.41 Å². The smallest absolute Gasteiger partial charge is 0.119 e. The van der Waals surface area contributed by atoms with Crippen LogP contribution in [-0.2, 0) is 0 Å². The predicted octanol–water partition coefficient (Wildman–Crippen LogP) is 2.86. The Morgan fingerprint density at radius 1 is 1.20 bits per heavy atom. The van der Waals surface area contributed by atoms with Gasteiger partial charge in [-0.05, 0) is 24.0 Å². The van der Waals surface area contributed by atoms with E-state index in [-0.39, 0.29) is 5.41 Å². The maximum atomic E-state index is 9.72. The minimum Gasteiger partial charge on any atom is -0.491 e. The molecule has 0 saturated heterocycles. The molecule has 0 spiro atoms. The lowest BCUT2D eigenvalue weighted by molar-refractivity contribution is 0.0710. The molecule has 15 heavy (non-hydrogen) atoms. The van der Waals surface area contributed by atoms with E-state index in [9.17, 15) is 5.11 Å². The average molecular weight is 208 g/mol. The molecule has 0 radical (unpaired) electrons. The van der Waals surface area contributed by atoms with Crippen LogP contribution in [0.25, 0.3) is 0 Å². The average Bonchev–Trinajstić information content (AvgIpc) is 2.14. The molecule has 0 saturated carbocycles. The summed E-state index contributed by atoms with van der Waals surface area (Å²) in [6.07, 6.45) is 0.352. The first-order valence-electron chi connectivity index (χ1n) is 5.33. The van der Waals surface area contributed by atoms with Gasteiger partial charge in [0.2, 0.25) is 0 Å². The summed E-state index contributed by atoms with van der Waals surface area (Å²) in [6.45, 7) is 6.69. The number of rotatable bonds is 4. The van der Waals surface area contributed by atoms with E-state index in [1.807, 2.05) is 30.3 Å². The van der Waals surface area contributed by atoms with E-state index in [0.717, 1.165) is 12.2 Å². The van der Waals surface area contributed by atoms with Crippen LogP contribution in [-0.4, -0.2) is 17.8 Å². The van der Waals surface area contributed by atoms with Crippen molar-refractivity contribution in [2.24, 2.45) is 5.41 Å². The summed E-state index contributed by atoms with van der Waals surface area (Å²) in [5, 5.41) is 9.72. The van der Waals surface area contributed by atoms with E-state index in [4.69, 9.17) is 4.74 Å². The molecule has 0 amide bonds. The number of aliphatic hydroxyl groups is 1. The third-order valence-electron chi connectivity index (χ3n) is 2.03. The molecule has 0 aliphatic carbocycles. The van der Waals surface area contributed by atoms with Crippen LogP contribution in [0.5, 0.6) is 5.75 Å². The van der Waals surface area contributed by atoms with Crippen molar-refractivity contribution in [1.29, 1.82) is 0 Å². The van der Waals surface area contributed by atoms with Crippen molar-refractivity contribution in [2.45, 2.75) is 33.3 Å². The van der Waals surface area contributed by atoms with Crippen molar-refractivity contribution < 1.29 is 9.84 Å². The zero-order valence-corrected chi connectivity index (χ0v) is 9.73. The van der Waals surface area contributed by atoms with Gasteiger partial charge in [-0.2, -0.15) is 0 Å². The molecule has 0 aromatic heterocycles. The molecule has 2 nitrogen and oxygen atoms in total. The molecule has 0 heterocycles. The van der Waals surface area contributed by atoms with Crippen LogP contribution in [0.2, 0.25) is 0 Å². The maximum absolute atomic E-state index is 9.72. The van der Waals surface area contributed by atoms with Gasteiger partial charge in [-0.3, -0.25) is 0 Å². The maximum Gasteiger partial charge on any atom is 0.119 e. The number of hydrogen-bond donors (Lipinski definition) is 1. The van der Waals surface area contributed by atoms with Crippen molar-refractivity contribution in [3.63, 3.8) is 0 Å². The first-order valence-corrected chi connectivity index (χ1v) is 5.33. The standard InChI is InChI=1S/C13H20O2/c1-13(2,3)9-11(14)10-15-12-7-5-4-6-8-12/h4-8,11,14H,9-10H2,1-3H3/t11-/m0/s1. The van der Waals surface area contributed by atoms with Crippen molar-refractivity contribution in [3.8, 4) is 5.75 Å². The quantitative estimate of drug-likeness (QED) is 0.824. The fraction of sp³-hybridized carbons (Fsp3) is 0.538. The highest BCUT2D eigenvalue weighted by Gasteiger charge is 2.16. The molecular formula is C13H20O2. The van der Waals surface area contributed by atoms with Gasteiger partial charge in [0.25, 0.3) is 0 Å². The van der Waals surface area contributed by atoms with Gasteiger partial charge in [0.1, 0.15) is 12.4 Å². The Labute approximate surface area is 91.9 Å². The molecule has 0 fully saturated rings. The highest BCUT2D eigenvalue weighted by Crippen LogP contribution is 2.21. The Bertz CT molecular complexity index is 274. The fourth-order valence-electron chi connectivity index (χ4n) is 1.47. The summed E-state index contributed by atoms with van der Waals surface area (Å²) in [5.41, 5.74) is 0.138. The van der Waals surface area contributed by atoms with E-state index in [0.29, 0.717) is 6.61 Å². The number of hydrogen-bond acceptors (Lipinski definition) is 2. The Morgan fingerprint density at radius 3 is 2.33 bits per heavy atom. The van der Waals surface area contributed by atoms with Crippen molar-refractivity contribution in [2.75, 3.05) is 6.61 Å². The van der Waals surface area contributed by atoms with Crippen LogP contribution in [0.1, 0.15) is 27.2 Å². The van der Waals surface area contributed by atoms with Crippen LogP contribution in [0.4, 0.5) is 0 Å². The molecule has 1 aromatic rings. The second kappa shape index (κ2) is 5.17. The lowest BCUT2D eigenvalue weighted by Gasteiger charge is -2.22. The Morgan fingerprint density at radius 2 is 1.80 bits per heavy atom. The Kier molecular flexibility index (Phi) is 4.15. The van der Waals surface area contributed by atoms with Crippen LogP contribution in [0.15, 0.2) is 30.3 Å². The molecule has 84 valence electrons. The first-order chi connectivity index (χ1) is 6.97. The van der Waals surface area contributed by atoms with Gasteiger partial charge in [0.15, 0.2) is 0 Å². The minimum atomic E-state index is -0.398. The molecule has 1 atom stereocenters. The number of aliphatic hydroxyl groups excluding tert-OH is 1. The monoisotopic (exact) mass is 208 g/mol. The normalized spacial score (nSPS) is 13.6. The minimum absolute atomic E-state index is 0.138. The molecule has 0 aliphatic heterocycles. The second-order valence-corrected chi connectivity index (χ2v) is 5.04. The number of ether oxygens (including phenoxy) is 1. The van der Waals surface area contributed by atoms with Gasteiger partial charge >= 0.3 is 0 Å². The van der Waals surface area contributed by atoms with Gasteiger partial charge in [-0.15, -0.1) is 0 Å². The van der Waals surface area contributed by atoms with Crippen LogP contribution >= 0.6 is 0 Å². The van der Waals surface area contributed by atoms with Crippen LogP contribution in [0.3, 0.4) is 0 Å². The zero-order valence-electron chi connectivity index (χ0n) is 9.73. The summed E-state index contributed by atoms with van der Waals surface area (Å²) in [6, 6.07) is 9.57. The van der Waals surface area contributed by atoms with E-state index in [2.05, 4.69) is 20.8 Å². The summed E-state index contributed by atoms with van der Waals surface area (Å²) in [7, 11) is 0. The van der Waals surface area contributed by atoms with Crippen molar-refractivity contribution in [1.82, 2.24) is 0 Å². The van der Waals surface area contributed by atoms with Gasteiger partial charge in [0, 0.05) is 0 Å². The molecule has 0 unspecified atom stereocenters. The lowest BCUT2D eigenvalue weighted by Crippen LogP contribution is -2.23. The lowest BCUT2D eigenvalue weighted by atomic mass is 9.89. The second-order valence-electron chi connectivity index (χ2n) is 5.04. The molecule has 0 bridgehead atoms. The first kappa shape index (κ1) is 12.1. The van der Waals surface area contributed by atoms with E-state index in [1.54, 1.807) is 0 Å². The van der Waals surface area contributed by atoms with Crippen LogP contribution < -0.4 is 4.74 Å². The van der Waals surface area contributed by atoms with E-state index < -0.39 is 6.10 Å². The summed E-state index contributed by atoms with van der Waals surface area (Å²) < 4.78 is 5.46. The third-order valence-corrected chi connectivity index (χ3v) is 2.03. The highest BCUT2D eigenvalue weighted by molar-refractivity contribution is 5.20. The van der Waals surface area contributed by atoms with Crippen molar-refractivity contribution in [3.05, 3.63) is 30.3 Å². The van der Waals surface area contributed by atoms with E-state index >= 15 is 0 Å². The van der Waals surface area contributed by atoms with E-state index in [1.165, 1.54) is 0 Å². The van der Waals surface area contributed by atoms with Gasteiger partial charge in [-0.25, -0.2) is 0 Å². The van der Waals surface area contributed by atoms with Gasteiger partial charge in [0.05, 0.1) is 6.10 Å². The summed E-state index contributed by atoms with van der Waals surface area (Å²) in [4.78, 5) is 0. The summed E-state index contributed by atoms with van der Waals surface area (Å²) >= 11 is 0. The summed E-state index contributed by atoms with van der Waals surface area (Å²) in [5.74, 6) is 0.811. The fourth-order valence-corrected chi connectivity index (χ4v) is 1.47. The molecule has 2 heteroatoms. The molecule has 1 rings (SSSR count). The third kappa shape index (κ3) is 5.43. The largest absolute Gasteiger partial charge is 0.491 e. The van der Waals surface area contributed by atoms with Crippen molar-refractivity contribution >= 4 is 0 Å². The molecule has 1 N–H and O–H groups in total. The Balaban J connectivity index is 2.32. The zero-order chi connectivity index (χ0) is 11.3.